The van der Waals surface area contributed by atoms with Crippen LogP contribution < -0.4 is 5.32 Å². The van der Waals surface area contributed by atoms with Gasteiger partial charge >= 0.3 is 5.97 Å². The smallest absolute Gasteiger partial charge is 0.310 e. The van der Waals surface area contributed by atoms with Gasteiger partial charge in [-0.15, -0.1) is 11.3 Å². The third-order valence-electron chi connectivity index (χ3n) is 10.8. The third-order valence-corrected chi connectivity index (χ3v) is 12.2. The van der Waals surface area contributed by atoms with E-state index in [2.05, 4.69) is 32.2 Å². The van der Waals surface area contributed by atoms with Crippen LogP contribution in [0.3, 0.4) is 0 Å². The van der Waals surface area contributed by atoms with Crippen LogP contribution in [-0.4, -0.2) is 56.9 Å². The van der Waals surface area contributed by atoms with Crippen molar-refractivity contribution in [2.45, 2.75) is 90.5 Å². The zero-order chi connectivity index (χ0) is 33.8. The van der Waals surface area contributed by atoms with E-state index in [9.17, 15) is 19.5 Å². The fraction of sp³-hybridized carbons (Fsp3) is 0.513. The number of carbonyl (C=O) groups excluding carboxylic acids is 2. The summed E-state index contributed by atoms with van der Waals surface area (Å²) in [5.74, 6) is 1.55. The van der Waals surface area contributed by atoms with E-state index in [4.69, 9.17) is 9.97 Å². The number of allylic oxidation sites excluding steroid dienone is 2. The minimum atomic E-state index is -0.908. The summed E-state index contributed by atoms with van der Waals surface area (Å²) < 4.78 is 0. The number of likely N-dealkylation sites (tertiary alicyclic amines) is 1. The van der Waals surface area contributed by atoms with Crippen LogP contribution in [0, 0.1) is 23.7 Å². The van der Waals surface area contributed by atoms with Crippen LogP contribution in [0.5, 0.6) is 0 Å². The molecule has 2 fully saturated rings. The lowest BCUT2D eigenvalue weighted by Crippen LogP contribution is -2.59. The Morgan fingerprint density at radius 1 is 0.938 bits per heavy atom. The molecule has 2 N–H and O–H groups in total. The minimum absolute atomic E-state index is 0.154. The first-order valence-electron chi connectivity index (χ1n) is 17.7. The van der Waals surface area contributed by atoms with Crippen LogP contribution in [0.2, 0.25) is 0 Å². The SMILES string of the molecule is CCC1CCC(C2CC=C(c3cnc(-c4ccc(C[C@H](NC(=O)c5ccc(C(C)C)s5)C(=O)N5CC(C(=O)O)C5)cc4)nc3)CC2)CC1. The number of hydrogen-bond acceptors (Lipinski definition) is 6. The summed E-state index contributed by atoms with van der Waals surface area (Å²) >= 11 is 1.43. The lowest BCUT2D eigenvalue weighted by molar-refractivity contribution is -0.153. The van der Waals surface area contributed by atoms with E-state index in [1.54, 1.807) is 6.07 Å². The van der Waals surface area contributed by atoms with Gasteiger partial charge in [0.15, 0.2) is 5.82 Å². The fourth-order valence-electron chi connectivity index (χ4n) is 7.53. The first-order chi connectivity index (χ1) is 23.2. The number of hydrogen-bond donors (Lipinski definition) is 2. The lowest BCUT2D eigenvalue weighted by Gasteiger charge is -2.38. The molecule has 0 bridgehead atoms. The van der Waals surface area contributed by atoms with Gasteiger partial charge in [-0.3, -0.25) is 14.4 Å². The second kappa shape index (κ2) is 15.1. The Morgan fingerprint density at radius 2 is 1.65 bits per heavy atom. The minimum Gasteiger partial charge on any atom is -0.481 e. The number of rotatable bonds is 11. The van der Waals surface area contributed by atoms with Gasteiger partial charge in [-0.05, 0) is 79.0 Å². The Kier molecular flexibility index (Phi) is 10.7. The standard InChI is InChI=1S/C39H48N4O4S/c1-4-25-5-9-27(10-6-25)28-13-15-29(16-14-28)31-20-40-36(41-21-31)30-11-7-26(8-12-30)19-33(38(45)43-22-32(23-43)39(46)47)42-37(44)35-18-17-34(48-35)24(2)3/h7-8,11-12,15,17-18,20-21,24-25,27-28,32-33H,4-6,9-10,13-14,16,19,22-23H2,1-3H3,(H,42,44)(H,46,47)/t25?,27?,28?,33-/m0/s1. The van der Waals surface area contributed by atoms with Crippen LogP contribution in [0.1, 0.15) is 104 Å². The molecule has 0 radical (unpaired) electrons. The van der Waals surface area contributed by atoms with Crippen molar-refractivity contribution >= 4 is 34.7 Å². The van der Waals surface area contributed by atoms with E-state index >= 15 is 0 Å². The van der Waals surface area contributed by atoms with Crippen molar-refractivity contribution in [3.63, 3.8) is 0 Å². The lowest BCUT2D eigenvalue weighted by atomic mass is 9.71. The summed E-state index contributed by atoms with van der Waals surface area (Å²) in [7, 11) is 0. The number of nitrogens with one attached hydrogen (secondary N) is 1. The van der Waals surface area contributed by atoms with Crippen molar-refractivity contribution in [1.82, 2.24) is 20.2 Å². The summed E-state index contributed by atoms with van der Waals surface area (Å²) in [6.07, 6.45) is 17.0. The third kappa shape index (κ3) is 7.88. The molecule has 8 nitrogen and oxygen atoms in total. The molecule has 1 saturated heterocycles. The summed E-state index contributed by atoms with van der Waals surface area (Å²) in [5, 5.41) is 12.2. The van der Waals surface area contributed by atoms with Crippen LogP contribution in [0.25, 0.3) is 17.0 Å². The number of nitrogens with zero attached hydrogens (tertiary/aromatic N) is 3. The van der Waals surface area contributed by atoms with Crippen molar-refractivity contribution in [2.24, 2.45) is 23.7 Å². The Bertz CT molecular complexity index is 1620. The molecule has 1 saturated carbocycles. The molecule has 3 heterocycles. The summed E-state index contributed by atoms with van der Waals surface area (Å²) in [5.41, 5.74) is 4.21. The van der Waals surface area contributed by atoms with Gasteiger partial charge in [-0.1, -0.05) is 70.4 Å². The summed E-state index contributed by atoms with van der Waals surface area (Å²) in [4.78, 5) is 50.6. The number of aromatic nitrogens is 2. The molecule has 2 aliphatic carbocycles. The maximum Gasteiger partial charge on any atom is 0.310 e. The molecule has 2 atom stereocenters. The van der Waals surface area contributed by atoms with E-state index in [0.717, 1.165) is 52.2 Å². The highest BCUT2D eigenvalue weighted by Crippen LogP contribution is 2.41. The largest absolute Gasteiger partial charge is 0.481 e. The van der Waals surface area contributed by atoms with E-state index in [1.807, 2.05) is 42.7 Å². The maximum absolute atomic E-state index is 13.4. The molecule has 3 aromatic rings. The molecule has 1 aliphatic heterocycles. The molecule has 1 unspecified atom stereocenters. The molecule has 2 amide bonds. The predicted octanol–water partition coefficient (Wildman–Crippen LogP) is 7.61. The van der Waals surface area contributed by atoms with Crippen LogP contribution >= 0.6 is 11.3 Å². The van der Waals surface area contributed by atoms with Crippen molar-refractivity contribution in [2.75, 3.05) is 13.1 Å². The van der Waals surface area contributed by atoms with Crippen LogP contribution in [0.4, 0.5) is 0 Å². The topological polar surface area (TPSA) is 112 Å². The highest BCUT2D eigenvalue weighted by atomic mass is 32.1. The zero-order valence-electron chi connectivity index (χ0n) is 28.4. The number of carboxylic acid groups (broad SMARTS) is 1. The first kappa shape index (κ1) is 34.0. The van der Waals surface area contributed by atoms with Crippen molar-refractivity contribution in [3.8, 4) is 11.4 Å². The van der Waals surface area contributed by atoms with Gasteiger partial charge in [0, 0.05) is 47.9 Å². The molecule has 254 valence electrons. The van der Waals surface area contributed by atoms with Gasteiger partial charge in [0.05, 0.1) is 10.8 Å². The van der Waals surface area contributed by atoms with E-state index in [0.29, 0.717) is 16.6 Å². The molecule has 3 aliphatic rings. The van der Waals surface area contributed by atoms with Crippen LogP contribution in [0.15, 0.2) is 54.9 Å². The van der Waals surface area contributed by atoms with Gasteiger partial charge in [-0.2, -0.15) is 0 Å². The molecule has 1 aromatic carbocycles. The number of benzene rings is 1. The van der Waals surface area contributed by atoms with Gasteiger partial charge < -0.3 is 15.3 Å². The molecule has 48 heavy (non-hydrogen) atoms. The average molecular weight is 669 g/mol. The van der Waals surface area contributed by atoms with Crippen molar-refractivity contribution < 1.29 is 19.5 Å². The fourth-order valence-corrected chi connectivity index (χ4v) is 8.44. The molecule has 6 rings (SSSR count). The zero-order valence-corrected chi connectivity index (χ0v) is 29.2. The second-order valence-corrected chi connectivity index (χ2v) is 15.4. The highest BCUT2D eigenvalue weighted by Gasteiger charge is 2.39. The second-order valence-electron chi connectivity index (χ2n) is 14.3. The van der Waals surface area contributed by atoms with Gasteiger partial charge in [-0.25, -0.2) is 9.97 Å². The van der Waals surface area contributed by atoms with Crippen LogP contribution in [-0.2, 0) is 16.0 Å². The van der Waals surface area contributed by atoms with E-state index in [1.165, 1.54) is 60.3 Å². The highest BCUT2D eigenvalue weighted by molar-refractivity contribution is 7.14. The summed E-state index contributed by atoms with van der Waals surface area (Å²) in [6, 6.07) is 10.7. The van der Waals surface area contributed by atoms with E-state index in [-0.39, 0.29) is 31.3 Å². The number of carboxylic acids is 1. The Labute approximate surface area is 288 Å². The Hall–Kier alpha value is -3.85. The normalized spacial score (nSPS) is 22.1. The number of carbonyl (C=O) groups is 3. The monoisotopic (exact) mass is 668 g/mol. The van der Waals surface area contributed by atoms with Gasteiger partial charge in [0.25, 0.3) is 5.91 Å². The molecular weight excluding hydrogens is 621 g/mol. The molecule has 0 spiro atoms. The predicted molar refractivity (Wildman–Crippen MR) is 190 cm³/mol. The maximum atomic E-state index is 13.4. The summed E-state index contributed by atoms with van der Waals surface area (Å²) in [6.45, 7) is 6.79. The number of amides is 2. The van der Waals surface area contributed by atoms with Gasteiger partial charge in [0.1, 0.15) is 6.04 Å². The van der Waals surface area contributed by atoms with Crippen molar-refractivity contribution in [1.29, 1.82) is 0 Å². The molecule has 9 heteroatoms. The Balaban J connectivity index is 1.08. The Morgan fingerprint density at radius 3 is 2.23 bits per heavy atom. The first-order valence-corrected chi connectivity index (χ1v) is 18.5. The number of thiophene rings is 1. The van der Waals surface area contributed by atoms with Gasteiger partial charge in [0.2, 0.25) is 5.91 Å². The average Bonchev–Trinajstić information content (AvgIpc) is 3.59. The van der Waals surface area contributed by atoms with Crippen molar-refractivity contribution in [3.05, 3.63) is 75.7 Å². The van der Waals surface area contributed by atoms with E-state index < -0.39 is 17.9 Å². The molecular formula is C39H48N4O4S. The number of aliphatic carboxylic acids is 1. The molecule has 2 aromatic heterocycles. The quantitative estimate of drug-likeness (QED) is 0.218.